The van der Waals surface area contributed by atoms with E-state index in [4.69, 9.17) is 0 Å². The zero-order valence-corrected chi connectivity index (χ0v) is 10.7. The van der Waals surface area contributed by atoms with Crippen molar-refractivity contribution < 1.29 is 0 Å². The highest BCUT2D eigenvalue weighted by Gasteiger charge is 2.17. The van der Waals surface area contributed by atoms with Crippen molar-refractivity contribution in [3.8, 4) is 0 Å². The predicted molar refractivity (Wildman–Crippen MR) is 68.0 cm³/mol. The monoisotopic (exact) mass is 221 g/mol. The molecule has 1 aromatic heterocycles. The van der Waals surface area contributed by atoms with Gasteiger partial charge in [-0.1, -0.05) is 12.8 Å². The second-order valence-electron chi connectivity index (χ2n) is 5.06. The number of aromatic nitrogens is 2. The largest absolute Gasteiger partial charge is 0.342 e. The van der Waals surface area contributed by atoms with Crippen LogP contribution in [-0.4, -0.2) is 22.6 Å². The van der Waals surface area contributed by atoms with E-state index in [-0.39, 0.29) is 0 Å². The maximum absolute atomic E-state index is 4.59. The molecule has 0 saturated carbocycles. The summed E-state index contributed by atoms with van der Waals surface area (Å²) in [6, 6.07) is 0.501. The summed E-state index contributed by atoms with van der Waals surface area (Å²) < 4.78 is 2.35. The highest BCUT2D eigenvalue weighted by Crippen LogP contribution is 2.23. The van der Waals surface area contributed by atoms with E-state index in [9.17, 15) is 0 Å². The molecule has 1 aromatic rings. The molecule has 0 aliphatic carbocycles. The maximum atomic E-state index is 4.59. The van der Waals surface area contributed by atoms with Crippen molar-refractivity contribution in [3.63, 3.8) is 0 Å². The molecular formula is C13H23N3. The summed E-state index contributed by atoms with van der Waals surface area (Å²) in [5.41, 5.74) is 1.27. The topological polar surface area (TPSA) is 21.1 Å². The van der Waals surface area contributed by atoms with Gasteiger partial charge in [0, 0.05) is 24.8 Å². The summed E-state index contributed by atoms with van der Waals surface area (Å²) in [5, 5.41) is 0. The van der Waals surface area contributed by atoms with Crippen LogP contribution in [0.5, 0.6) is 0 Å². The number of hydrogen-bond donors (Lipinski definition) is 0. The Morgan fingerprint density at radius 3 is 2.31 bits per heavy atom. The van der Waals surface area contributed by atoms with Crippen LogP contribution in [0.1, 0.15) is 51.3 Å². The van der Waals surface area contributed by atoms with E-state index in [0.717, 1.165) is 0 Å². The molecule has 0 unspecified atom stereocenters. The first-order chi connectivity index (χ1) is 7.70. The van der Waals surface area contributed by atoms with E-state index >= 15 is 0 Å². The number of anilines is 1. The molecule has 1 fully saturated rings. The first-order valence-electron chi connectivity index (χ1n) is 6.49. The average Bonchev–Trinajstić information content (AvgIpc) is 2.50. The fourth-order valence-electron chi connectivity index (χ4n) is 2.58. The maximum Gasteiger partial charge on any atom is 0.205 e. The molecule has 3 nitrogen and oxygen atoms in total. The van der Waals surface area contributed by atoms with Crippen LogP contribution in [-0.2, 0) is 0 Å². The third-order valence-corrected chi connectivity index (χ3v) is 3.37. The molecule has 0 aromatic carbocycles. The molecule has 1 saturated heterocycles. The second kappa shape index (κ2) is 4.89. The van der Waals surface area contributed by atoms with E-state index in [0.29, 0.717) is 6.04 Å². The Morgan fingerprint density at radius 1 is 1.12 bits per heavy atom. The molecule has 0 atom stereocenters. The number of hydrogen-bond acceptors (Lipinski definition) is 2. The van der Waals surface area contributed by atoms with Crippen LogP contribution in [0.3, 0.4) is 0 Å². The van der Waals surface area contributed by atoms with Gasteiger partial charge in [0.05, 0.1) is 6.20 Å². The lowest BCUT2D eigenvalue weighted by atomic mass is 10.2. The van der Waals surface area contributed by atoms with Crippen molar-refractivity contribution in [2.75, 3.05) is 18.0 Å². The van der Waals surface area contributed by atoms with Crippen LogP contribution in [0.15, 0.2) is 6.20 Å². The summed E-state index contributed by atoms with van der Waals surface area (Å²) >= 11 is 0. The van der Waals surface area contributed by atoms with Crippen LogP contribution >= 0.6 is 0 Å². The molecule has 0 amide bonds. The van der Waals surface area contributed by atoms with Crippen LogP contribution in [0.4, 0.5) is 5.95 Å². The highest BCUT2D eigenvalue weighted by atomic mass is 15.3. The molecule has 3 heteroatoms. The van der Waals surface area contributed by atoms with Crippen LogP contribution < -0.4 is 4.90 Å². The van der Waals surface area contributed by atoms with Gasteiger partial charge in [-0.15, -0.1) is 0 Å². The van der Waals surface area contributed by atoms with Gasteiger partial charge in [-0.25, -0.2) is 4.98 Å². The van der Waals surface area contributed by atoms with Gasteiger partial charge in [0.2, 0.25) is 5.95 Å². The quantitative estimate of drug-likeness (QED) is 0.765. The summed E-state index contributed by atoms with van der Waals surface area (Å²) in [4.78, 5) is 7.05. The number of aryl methyl sites for hydroxylation is 1. The van der Waals surface area contributed by atoms with Crippen molar-refractivity contribution >= 4 is 5.95 Å². The van der Waals surface area contributed by atoms with Crippen molar-refractivity contribution in [1.82, 2.24) is 9.55 Å². The second-order valence-corrected chi connectivity index (χ2v) is 5.06. The predicted octanol–water partition coefficient (Wildman–Crippen LogP) is 3.15. The molecule has 0 bridgehead atoms. The Bertz CT molecular complexity index is 333. The Balaban J connectivity index is 2.24. The third-order valence-electron chi connectivity index (χ3n) is 3.37. The molecule has 0 radical (unpaired) electrons. The average molecular weight is 221 g/mol. The molecule has 1 aliphatic rings. The minimum Gasteiger partial charge on any atom is -0.342 e. The first kappa shape index (κ1) is 11.5. The summed E-state index contributed by atoms with van der Waals surface area (Å²) in [6.45, 7) is 8.95. The Hall–Kier alpha value is -0.990. The molecule has 2 rings (SSSR count). The van der Waals surface area contributed by atoms with Gasteiger partial charge in [-0.2, -0.15) is 0 Å². The minimum absolute atomic E-state index is 0.501. The molecular weight excluding hydrogens is 198 g/mol. The van der Waals surface area contributed by atoms with Gasteiger partial charge in [0.15, 0.2) is 0 Å². The van der Waals surface area contributed by atoms with E-state index in [1.807, 2.05) is 6.20 Å². The van der Waals surface area contributed by atoms with Crippen molar-refractivity contribution in [2.45, 2.75) is 52.5 Å². The highest BCUT2D eigenvalue weighted by molar-refractivity contribution is 5.34. The molecule has 2 heterocycles. The van der Waals surface area contributed by atoms with Gasteiger partial charge in [0.25, 0.3) is 0 Å². The lowest BCUT2D eigenvalue weighted by Gasteiger charge is -2.24. The van der Waals surface area contributed by atoms with Gasteiger partial charge >= 0.3 is 0 Å². The first-order valence-corrected chi connectivity index (χ1v) is 6.49. The third kappa shape index (κ3) is 2.23. The van der Waals surface area contributed by atoms with E-state index in [1.54, 1.807) is 0 Å². The lowest BCUT2D eigenvalue weighted by Crippen LogP contribution is -2.28. The minimum atomic E-state index is 0.501. The fourth-order valence-corrected chi connectivity index (χ4v) is 2.58. The van der Waals surface area contributed by atoms with Crippen LogP contribution in [0.25, 0.3) is 0 Å². The van der Waals surface area contributed by atoms with Crippen molar-refractivity contribution in [1.29, 1.82) is 0 Å². The molecule has 90 valence electrons. The Labute approximate surface area is 98.5 Å². The number of nitrogens with zero attached hydrogens (tertiary/aromatic N) is 3. The standard InChI is InChI=1S/C13H23N3/c1-11(2)16-12(3)10-14-13(16)15-8-6-4-5-7-9-15/h10-11H,4-9H2,1-3H3. The smallest absolute Gasteiger partial charge is 0.205 e. The molecule has 0 spiro atoms. The normalized spacial score (nSPS) is 17.9. The van der Waals surface area contributed by atoms with E-state index in [2.05, 4.69) is 35.2 Å². The SMILES string of the molecule is Cc1cnc(N2CCCCCC2)n1C(C)C. The number of imidazole rings is 1. The lowest BCUT2D eigenvalue weighted by molar-refractivity contribution is 0.571. The summed E-state index contributed by atoms with van der Waals surface area (Å²) in [5.74, 6) is 1.18. The van der Waals surface area contributed by atoms with Crippen LogP contribution in [0.2, 0.25) is 0 Å². The van der Waals surface area contributed by atoms with Crippen LogP contribution in [0, 0.1) is 6.92 Å². The molecule has 16 heavy (non-hydrogen) atoms. The van der Waals surface area contributed by atoms with Crippen molar-refractivity contribution in [3.05, 3.63) is 11.9 Å². The summed E-state index contributed by atoms with van der Waals surface area (Å²) in [7, 11) is 0. The zero-order chi connectivity index (χ0) is 11.5. The van der Waals surface area contributed by atoms with Gasteiger partial charge in [0.1, 0.15) is 0 Å². The zero-order valence-electron chi connectivity index (χ0n) is 10.7. The Kier molecular flexibility index (Phi) is 3.52. The Morgan fingerprint density at radius 2 is 1.75 bits per heavy atom. The molecule has 0 N–H and O–H groups in total. The van der Waals surface area contributed by atoms with E-state index < -0.39 is 0 Å². The molecule has 1 aliphatic heterocycles. The number of rotatable bonds is 2. The van der Waals surface area contributed by atoms with E-state index in [1.165, 1.54) is 50.4 Å². The van der Waals surface area contributed by atoms with Crippen molar-refractivity contribution in [2.24, 2.45) is 0 Å². The fraction of sp³-hybridized carbons (Fsp3) is 0.769. The van der Waals surface area contributed by atoms with Gasteiger partial charge < -0.3 is 9.47 Å². The summed E-state index contributed by atoms with van der Waals surface area (Å²) in [6.07, 6.45) is 7.37. The van der Waals surface area contributed by atoms with Gasteiger partial charge in [-0.05, 0) is 33.6 Å². The van der Waals surface area contributed by atoms with Gasteiger partial charge in [-0.3, -0.25) is 0 Å².